The summed E-state index contributed by atoms with van der Waals surface area (Å²) in [5.41, 5.74) is 3.45. The highest BCUT2D eigenvalue weighted by Crippen LogP contribution is 2.38. The van der Waals surface area contributed by atoms with Gasteiger partial charge in [-0.3, -0.25) is 4.79 Å². The number of halogens is 2. The molecule has 8 heteroatoms. The van der Waals surface area contributed by atoms with Crippen LogP contribution < -0.4 is 21.4 Å². The smallest absolute Gasteiger partial charge is 0.201 e. The van der Waals surface area contributed by atoms with Crippen molar-refractivity contribution in [2.75, 3.05) is 30.3 Å². The summed E-state index contributed by atoms with van der Waals surface area (Å²) in [5.74, 6) is 0.783. The summed E-state index contributed by atoms with van der Waals surface area (Å²) in [6, 6.07) is 8.19. The molecule has 0 saturated carbocycles. The number of nitrogens with one attached hydrogen (secondary N) is 4. The summed E-state index contributed by atoms with van der Waals surface area (Å²) in [6.07, 6.45) is 2.03. The first-order valence-corrected chi connectivity index (χ1v) is 11.4. The van der Waals surface area contributed by atoms with E-state index in [-0.39, 0.29) is 5.43 Å². The molecule has 0 unspecified atom stereocenters. The summed E-state index contributed by atoms with van der Waals surface area (Å²) < 4.78 is 2.95. The van der Waals surface area contributed by atoms with Gasteiger partial charge in [0, 0.05) is 34.1 Å². The fraction of sp³-hybridized carbons (Fsp3) is 0.316. The van der Waals surface area contributed by atoms with Gasteiger partial charge in [-0.25, -0.2) is 0 Å². The molecule has 1 aromatic carbocycles. The number of anilines is 2. The van der Waals surface area contributed by atoms with Gasteiger partial charge in [-0.05, 0) is 64.5 Å². The van der Waals surface area contributed by atoms with Crippen LogP contribution in [0.2, 0.25) is 0 Å². The molecule has 0 spiro atoms. The maximum absolute atomic E-state index is 12.1. The van der Waals surface area contributed by atoms with Crippen molar-refractivity contribution in [1.82, 2.24) is 10.3 Å². The molecular formula is C19H20Br2N4OS. The van der Waals surface area contributed by atoms with Crippen molar-refractivity contribution in [2.45, 2.75) is 18.9 Å². The average molecular weight is 512 g/mol. The molecule has 1 aliphatic heterocycles. The van der Waals surface area contributed by atoms with Crippen molar-refractivity contribution in [3.8, 4) is 0 Å². The second kappa shape index (κ2) is 8.34. The van der Waals surface area contributed by atoms with Gasteiger partial charge in [-0.2, -0.15) is 0 Å². The number of fused-ring (bicyclic) bond motifs is 2. The molecule has 0 radical (unpaired) electrons. The first kappa shape index (κ1) is 19.0. The largest absolute Gasteiger partial charge is 0.384 e. The van der Waals surface area contributed by atoms with Crippen molar-refractivity contribution in [3.63, 3.8) is 0 Å². The SMILES string of the molecule is O=c1cc(NCCCN[C@H]2CCNc3c(Br)cc(Br)cc32)[nH]c2ccsc12. The summed E-state index contributed by atoms with van der Waals surface area (Å²) in [6.45, 7) is 2.68. The molecule has 0 amide bonds. The molecule has 1 aliphatic rings. The normalized spacial score (nSPS) is 16.1. The molecule has 4 rings (SSSR count). The van der Waals surface area contributed by atoms with Crippen LogP contribution in [-0.4, -0.2) is 24.6 Å². The zero-order chi connectivity index (χ0) is 18.8. The molecular weight excluding hydrogens is 492 g/mol. The quantitative estimate of drug-likeness (QED) is 0.349. The van der Waals surface area contributed by atoms with Crippen molar-refractivity contribution >= 4 is 64.9 Å². The molecule has 2 aromatic heterocycles. The van der Waals surface area contributed by atoms with E-state index in [4.69, 9.17) is 0 Å². The van der Waals surface area contributed by atoms with Gasteiger partial charge in [0.25, 0.3) is 0 Å². The van der Waals surface area contributed by atoms with Gasteiger partial charge in [0.2, 0.25) is 5.43 Å². The van der Waals surface area contributed by atoms with Gasteiger partial charge in [0.05, 0.1) is 15.9 Å². The minimum absolute atomic E-state index is 0.0711. The van der Waals surface area contributed by atoms with Crippen LogP contribution >= 0.6 is 43.2 Å². The number of hydrogen-bond donors (Lipinski definition) is 4. The third kappa shape index (κ3) is 4.23. The highest BCUT2D eigenvalue weighted by atomic mass is 79.9. The Labute approximate surface area is 178 Å². The van der Waals surface area contributed by atoms with E-state index < -0.39 is 0 Å². The first-order chi connectivity index (χ1) is 13.1. The molecule has 0 fully saturated rings. The lowest BCUT2D eigenvalue weighted by atomic mass is 9.98. The van der Waals surface area contributed by atoms with E-state index in [1.807, 2.05) is 11.4 Å². The molecule has 142 valence electrons. The van der Waals surface area contributed by atoms with Crippen molar-refractivity contribution in [1.29, 1.82) is 0 Å². The fourth-order valence-electron chi connectivity index (χ4n) is 3.42. The Morgan fingerprint density at radius 3 is 3.00 bits per heavy atom. The third-order valence-electron chi connectivity index (χ3n) is 4.69. The predicted molar refractivity (Wildman–Crippen MR) is 121 cm³/mol. The topological polar surface area (TPSA) is 69.0 Å². The zero-order valence-corrected chi connectivity index (χ0v) is 18.6. The first-order valence-electron chi connectivity index (χ1n) is 8.92. The monoisotopic (exact) mass is 510 g/mol. The number of H-pyrrole nitrogens is 1. The lowest BCUT2D eigenvalue weighted by Crippen LogP contribution is -2.30. The van der Waals surface area contributed by atoms with Crippen LogP contribution in [0.1, 0.15) is 24.4 Å². The maximum atomic E-state index is 12.1. The van der Waals surface area contributed by atoms with Gasteiger partial charge in [-0.15, -0.1) is 11.3 Å². The van der Waals surface area contributed by atoms with Crippen LogP contribution in [0, 0.1) is 0 Å². The molecule has 1 atom stereocenters. The third-order valence-corrected chi connectivity index (χ3v) is 6.70. The number of hydrogen-bond acceptors (Lipinski definition) is 5. The Morgan fingerprint density at radius 2 is 2.11 bits per heavy atom. The summed E-state index contributed by atoms with van der Waals surface area (Å²) in [7, 11) is 0. The van der Waals surface area contributed by atoms with Crippen LogP contribution in [0.25, 0.3) is 10.2 Å². The Balaban J connectivity index is 1.31. The van der Waals surface area contributed by atoms with Gasteiger partial charge < -0.3 is 20.9 Å². The van der Waals surface area contributed by atoms with Gasteiger partial charge in [0.1, 0.15) is 5.82 Å². The standard InChI is InChI=1S/C19H20Br2N4OS/c20-11-8-12-14(2-6-24-18(12)13(21)9-11)22-4-1-5-23-17-10-16(26)19-15(25-17)3-7-27-19/h3,7-10,14,22,24H,1-2,4-6H2,(H2,23,25,26)/t14-/m0/s1. The van der Waals surface area contributed by atoms with Crippen molar-refractivity contribution in [3.05, 3.63) is 54.4 Å². The van der Waals surface area contributed by atoms with E-state index >= 15 is 0 Å². The highest BCUT2D eigenvalue weighted by Gasteiger charge is 2.21. The van der Waals surface area contributed by atoms with Gasteiger partial charge in [0.15, 0.2) is 0 Å². The Hall–Kier alpha value is -1.35. The maximum Gasteiger partial charge on any atom is 0.201 e. The Kier molecular flexibility index (Phi) is 5.87. The minimum atomic E-state index is 0.0711. The molecule has 0 aliphatic carbocycles. The van der Waals surface area contributed by atoms with Crippen LogP contribution in [0.5, 0.6) is 0 Å². The van der Waals surface area contributed by atoms with Crippen LogP contribution in [0.3, 0.4) is 0 Å². The fourth-order valence-corrected chi connectivity index (χ4v) is 5.58. The Morgan fingerprint density at radius 1 is 1.22 bits per heavy atom. The molecule has 3 heterocycles. The van der Waals surface area contributed by atoms with Crippen LogP contribution in [-0.2, 0) is 0 Å². The zero-order valence-electron chi connectivity index (χ0n) is 14.6. The van der Waals surface area contributed by atoms with E-state index in [0.717, 1.165) is 57.5 Å². The number of aromatic nitrogens is 1. The number of pyridine rings is 1. The lowest BCUT2D eigenvalue weighted by Gasteiger charge is -2.29. The molecule has 5 nitrogen and oxygen atoms in total. The lowest BCUT2D eigenvalue weighted by molar-refractivity contribution is 0.497. The second-order valence-electron chi connectivity index (χ2n) is 6.56. The summed E-state index contributed by atoms with van der Waals surface area (Å²) >= 11 is 8.70. The van der Waals surface area contributed by atoms with E-state index in [0.29, 0.717) is 6.04 Å². The molecule has 27 heavy (non-hydrogen) atoms. The molecule has 0 bridgehead atoms. The number of aromatic amines is 1. The van der Waals surface area contributed by atoms with E-state index in [1.165, 1.54) is 22.6 Å². The summed E-state index contributed by atoms with van der Waals surface area (Å²) in [5, 5.41) is 12.4. The van der Waals surface area contributed by atoms with Gasteiger partial charge in [-0.1, -0.05) is 15.9 Å². The van der Waals surface area contributed by atoms with Crippen molar-refractivity contribution in [2.24, 2.45) is 0 Å². The van der Waals surface area contributed by atoms with Crippen LogP contribution in [0.15, 0.2) is 43.4 Å². The predicted octanol–water partition coefficient (Wildman–Crippen LogP) is 5.06. The summed E-state index contributed by atoms with van der Waals surface area (Å²) in [4.78, 5) is 15.3. The van der Waals surface area contributed by atoms with E-state index in [1.54, 1.807) is 6.07 Å². The average Bonchev–Trinajstić information content (AvgIpc) is 3.11. The molecule has 0 saturated heterocycles. The van der Waals surface area contributed by atoms with E-state index in [2.05, 4.69) is 64.9 Å². The number of benzene rings is 1. The minimum Gasteiger partial charge on any atom is -0.384 e. The molecule has 4 N–H and O–H groups in total. The van der Waals surface area contributed by atoms with Crippen LogP contribution in [0.4, 0.5) is 11.5 Å². The number of thiophene rings is 1. The van der Waals surface area contributed by atoms with Gasteiger partial charge >= 0.3 is 0 Å². The second-order valence-corrected chi connectivity index (χ2v) is 9.25. The Bertz CT molecular complexity index is 1020. The number of rotatable bonds is 6. The van der Waals surface area contributed by atoms with E-state index in [9.17, 15) is 4.79 Å². The highest BCUT2D eigenvalue weighted by molar-refractivity contribution is 9.11. The molecule has 3 aromatic rings. The van der Waals surface area contributed by atoms with Crippen molar-refractivity contribution < 1.29 is 0 Å².